The third kappa shape index (κ3) is 2.68. The number of halogens is 4. The molecule has 15 heavy (non-hydrogen) atoms. The standard InChI is InChI=1S/C8H5BrF3NO2/c9-6-5(7(10)11)3(1-4(14)15)2-13-8(6)12/h2,7H,1H2,(H,14,15). The molecule has 0 aliphatic heterocycles. The Bertz CT molecular complexity index is 398. The van der Waals surface area contributed by atoms with Gasteiger partial charge in [-0.3, -0.25) is 4.79 Å². The third-order valence-electron chi connectivity index (χ3n) is 1.66. The number of carboxylic acid groups (broad SMARTS) is 1. The highest BCUT2D eigenvalue weighted by Crippen LogP contribution is 2.31. The van der Waals surface area contributed by atoms with Gasteiger partial charge in [0.15, 0.2) is 0 Å². The summed E-state index contributed by atoms with van der Waals surface area (Å²) in [5.41, 5.74) is -0.865. The molecule has 0 radical (unpaired) electrons. The van der Waals surface area contributed by atoms with Gasteiger partial charge in [0.05, 0.1) is 10.9 Å². The monoisotopic (exact) mass is 283 g/mol. The number of carbonyl (C=O) groups is 1. The summed E-state index contributed by atoms with van der Waals surface area (Å²) in [5, 5.41) is 8.45. The Morgan fingerprint density at radius 1 is 1.60 bits per heavy atom. The van der Waals surface area contributed by atoms with Crippen molar-refractivity contribution in [3.63, 3.8) is 0 Å². The van der Waals surface area contributed by atoms with Crippen molar-refractivity contribution in [2.24, 2.45) is 0 Å². The smallest absolute Gasteiger partial charge is 0.307 e. The molecule has 1 N–H and O–H groups in total. The Labute approximate surface area is 91.1 Å². The fourth-order valence-electron chi connectivity index (χ4n) is 1.05. The maximum absolute atomic E-state index is 12.8. The third-order valence-corrected chi connectivity index (χ3v) is 2.41. The zero-order valence-electron chi connectivity index (χ0n) is 7.18. The molecule has 0 bridgehead atoms. The van der Waals surface area contributed by atoms with Crippen LogP contribution in [0.4, 0.5) is 13.2 Å². The van der Waals surface area contributed by atoms with Crippen LogP contribution in [-0.2, 0) is 11.2 Å². The van der Waals surface area contributed by atoms with Crippen LogP contribution >= 0.6 is 15.9 Å². The van der Waals surface area contributed by atoms with Gasteiger partial charge in [-0.15, -0.1) is 0 Å². The van der Waals surface area contributed by atoms with Gasteiger partial charge < -0.3 is 5.11 Å². The van der Waals surface area contributed by atoms with E-state index in [1.165, 1.54) is 0 Å². The topological polar surface area (TPSA) is 50.2 Å². The SMILES string of the molecule is O=C(O)Cc1cnc(F)c(Br)c1C(F)F. The van der Waals surface area contributed by atoms with Crippen LogP contribution in [0.15, 0.2) is 10.7 Å². The number of aliphatic carboxylic acids is 1. The minimum atomic E-state index is -2.95. The van der Waals surface area contributed by atoms with Crippen LogP contribution in [0.1, 0.15) is 17.6 Å². The maximum Gasteiger partial charge on any atom is 0.307 e. The van der Waals surface area contributed by atoms with Crippen molar-refractivity contribution < 1.29 is 23.1 Å². The van der Waals surface area contributed by atoms with Gasteiger partial charge >= 0.3 is 5.97 Å². The van der Waals surface area contributed by atoms with E-state index in [-0.39, 0.29) is 5.56 Å². The summed E-state index contributed by atoms with van der Waals surface area (Å²) in [6.45, 7) is 0. The minimum absolute atomic E-state index is 0.203. The number of alkyl halides is 2. The highest BCUT2D eigenvalue weighted by Gasteiger charge is 2.21. The Balaban J connectivity index is 3.26. The first-order chi connectivity index (χ1) is 6.93. The quantitative estimate of drug-likeness (QED) is 0.868. The van der Waals surface area contributed by atoms with Crippen molar-refractivity contribution in [2.75, 3.05) is 0 Å². The van der Waals surface area contributed by atoms with Gasteiger partial charge in [0, 0.05) is 11.8 Å². The number of hydrogen-bond acceptors (Lipinski definition) is 2. The normalized spacial score (nSPS) is 10.7. The summed E-state index contributed by atoms with van der Waals surface area (Å²) in [4.78, 5) is 13.5. The molecular weight excluding hydrogens is 279 g/mol. The molecule has 1 aromatic rings. The lowest BCUT2D eigenvalue weighted by Crippen LogP contribution is -2.07. The van der Waals surface area contributed by atoms with E-state index in [4.69, 9.17) is 5.11 Å². The molecule has 1 heterocycles. The van der Waals surface area contributed by atoms with Crippen molar-refractivity contribution >= 4 is 21.9 Å². The van der Waals surface area contributed by atoms with E-state index in [2.05, 4.69) is 20.9 Å². The van der Waals surface area contributed by atoms with E-state index >= 15 is 0 Å². The predicted octanol–water partition coefficient (Wildman–Crippen LogP) is 2.55. The zero-order chi connectivity index (χ0) is 11.6. The van der Waals surface area contributed by atoms with E-state index < -0.39 is 34.8 Å². The number of hydrogen-bond donors (Lipinski definition) is 1. The van der Waals surface area contributed by atoms with E-state index in [0.29, 0.717) is 0 Å². The van der Waals surface area contributed by atoms with Crippen molar-refractivity contribution in [2.45, 2.75) is 12.8 Å². The fourth-order valence-corrected chi connectivity index (χ4v) is 1.58. The summed E-state index contributed by atoms with van der Waals surface area (Å²) >= 11 is 2.61. The fraction of sp³-hybridized carbons (Fsp3) is 0.250. The summed E-state index contributed by atoms with van der Waals surface area (Å²) in [7, 11) is 0. The lowest BCUT2D eigenvalue weighted by molar-refractivity contribution is -0.136. The molecule has 0 aliphatic carbocycles. The number of rotatable bonds is 3. The first-order valence-corrected chi connectivity index (χ1v) is 4.55. The Hall–Kier alpha value is -1.11. The highest BCUT2D eigenvalue weighted by molar-refractivity contribution is 9.10. The summed E-state index contributed by atoms with van der Waals surface area (Å²) < 4.78 is 37.3. The molecule has 1 rings (SSSR count). The predicted molar refractivity (Wildman–Crippen MR) is 48.2 cm³/mol. The molecule has 3 nitrogen and oxygen atoms in total. The van der Waals surface area contributed by atoms with Gasteiger partial charge in [0.25, 0.3) is 6.43 Å². The van der Waals surface area contributed by atoms with Crippen molar-refractivity contribution in [3.8, 4) is 0 Å². The molecule has 0 spiro atoms. The molecule has 0 aromatic carbocycles. The first kappa shape index (κ1) is 12.0. The molecule has 7 heteroatoms. The van der Waals surface area contributed by atoms with Crippen molar-refractivity contribution in [1.29, 1.82) is 0 Å². The van der Waals surface area contributed by atoms with Crippen LogP contribution in [-0.4, -0.2) is 16.1 Å². The van der Waals surface area contributed by atoms with Crippen molar-refractivity contribution in [1.82, 2.24) is 4.98 Å². The van der Waals surface area contributed by atoms with Crippen LogP contribution in [0.2, 0.25) is 0 Å². The summed E-state index contributed by atoms with van der Waals surface area (Å²) in [6.07, 6.45) is -2.77. The molecule has 82 valence electrons. The van der Waals surface area contributed by atoms with Crippen LogP contribution in [0, 0.1) is 5.95 Å². The molecule has 0 saturated carbocycles. The second kappa shape index (κ2) is 4.61. The minimum Gasteiger partial charge on any atom is -0.481 e. The molecule has 0 amide bonds. The van der Waals surface area contributed by atoms with Crippen LogP contribution in [0.5, 0.6) is 0 Å². The second-order valence-electron chi connectivity index (χ2n) is 2.67. The molecule has 1 aromatic heterocycles. The lowest BCUT2D eigenvalue weighted by atomic mass is 10.1. The number of aromatic nitrogens is 1. The van der Waals surface area contributed by atoms with Crippen LogP contribution in [0.25, 0.3) is 0 Å². The average molecular weight is 284 g/mol. The Morgan fingerprint density at radius 3 is 2.67 bits per heavy atom. The summed E-state index contributed by atoms with van der Waals surface area (Å²) in [6, 6.07) is 0. The van der Waals surface area contributed by atoms with Crippen LogP contribution in [0.3, 0.4) is 0 Å². The van der Waals surface area contributed by atoms with E-state index in [9.17, 15) is 18.0 Å². The number of pyridine rings is 1. The van der Waals surface area contributed by atoms with Gasteiger partial charge in [0.1, 0.15) is 0 Å². The maximum atomic E-state index is 12.8. The largest absolute Gasteiger partial charge is 0.481 e. The molecular formula is C8H5BrF3NO2. The molecule has 0 fully saturated rings. The number of carboxylic acids is 1. The summed E-state index contributed by atoms with van der Waals surface area (Å²) in [5.74, 6) is -2.36. The average Bonchev–Trinajstić information content (AvgIpc) is 2.10. The van der Waals surface area contributed by atoms with Gasteiger partial charge in [0.2, 0.25) is 5.95 Å². The molecule has 0 aliphatic rings. The van der Waals surface area contributed by atoms with E-state index in [1.807, 2.05) is 0 Å². The van der Waals surface area contributed by atoms with Gasteiger partial charge in [-0.25, -0.2) is 13.8 Å². The second-order valence-corrected chi connectivity index (χ2v) is 3.47. The lowest BCUT2D eigenvalue weighted by Gasteiger charge is -2.08. The van der Waals surface area contributed by atoms with Gasteiger partial charge in [-0.05, 0) is 21.5 Å². The molecule has 0 unspecified atom stereocenters. The van der Waals surface area contributed by atoms with E-state index in [1.54, 1.807) is 0 Å². The first-order valence-electron chi connectivity index (χ1n) is 3.76. The van der Waals surface area contributed by atoms with Crippen molar-refractivity contribution in [3.05, 3.63) is 27.7 Å². The van der Waals surface area contributed by atoms with E-state index in [0.717, 1.165) is 6.20 Å². The van der Waals surface area contributed by atoms with Gasteiger partial charge in [-0.1, -0.05) is 0 Å². The highest BCUT2D eigenvalue weighted by atomic mass is 79.9. The molecule has 0 atom stereocenters. The van der Waals surface area contributed by atoms with Crippen LogP contribution < -0.4 is 0 Å². The zero-order valence-corrected chi connectivity index (χ0v) is 8.76. The molecule has 0 saturated heterocycles. The van der Waals surface area contributed by atoms with Gasteiger partial charge in [-0.2, -0.15) is 4.39 Å². The Kier molecular flexibility index (Phi) is 3.67. The Morgan fingerprint density at radius 2 is 2.20 bits per heavy atom. The number of nitrogens with zero attached hydrogens (tertiary/aromatic N) is 1.